The first kappa shape index (κ1) is 9.02. The van der Waals surface area contributed by atoms with Crippen LogP contribution in [0.4, 0.5) is 5.95 Å². The average Bonchev–Trinajstić information content (AvgIpc) is 2.51. The van der Waals surface area contributed by atoms with Gasteiger partial charge in [-0.3, -0.25) is 4.57 Å². The third kappa shape index (κ3) is 1.44. The summed E-state index contributed by atoms with van der Waals surface area (Å²) in [5.41, 5.74) is 7.69. The Kier molecular flexibility index (Phi) is 2.37. The lowest BCUT2D eigenvalue weighted by Gasteiger charge is -2.05. The molecule has 0 aliphatic heterocycles. The average molecular weight is 191 g/mol. The highest BCUT2D eigenvalue weighted by atomic mass is 16.5. The fourth-order valence-corrected chi connectivity index (χ4v) is 1.41. The number of aromatic nitrogens is 2. The summed E-state index contributed by atoms with van der Waals surface area (Å²) < 4.78 is 7.17. The molecule has 4 heteroatoms. The number of ether oxygens (including phenoxy) is 1. The highest BCUT2D eigenvalue weighted by Crippen LogP contribution is 2.16. The van der Waals surface area contributed by atoms with Gasteiger partial charge in [0, 0.05) is 6.61 Å². The first-order valence-corrected chi connectivity index (χ1v) is 4.61. The number of rotatable bonds is 3. The van der Waals surface area contributed by atoms with E-state index < -0.39 is 0 Å². The molecule has 0 saturated heterocycles. The fraction of sp³-hybridized carbons (Fsp3) is 0.300. The van der Waals surface area contributed by atoms with Crippen LogP contribution in [0.15, 0.2) is 24.3 Å². The van der Waals surface area contributed by atoms with Crippen molar-refractivity contribution in [3.8, 4) is 0 Å². The van der Waals surface area contributed by atoms with Crippen LogP contribution >= 0.6 is 0 Å². The van der Waals surface area contributed by atoms with Gasteiger partial charge in [0.25, 0.3) is 0 Å². The summed E-state index contributed by atoms with van der Waals surface area (Å²) in [6.07, 6.45) is 0. The zero-order valence-electron chi connectivity index (χ0n) is 8.10. The Morgan fingerprint density at radius 3 is 3.00 bits per heavy atom. The van der Waals surface area contributed by atoms with E-state index in [0.29, 0.717) is 19.3 Å². The molecule has 2 aromatic rings. The van der Waals surface area contributed by atoms with Crippen molar-refractivity contribution in [2.75, 3.05) is 12.3 Å². The van der Waals surface area contributed by atoms with E-state index in [1.54, 1.807) is 0 Å². The monoisotopic (exact) mass is 191 g/mol. The van der Waals surface area contributed by atoms with E-state index in [2.05, 4.69) is 4.98 Å². The summed E-state index contributed by atoms with van der Waals surface area (Å²) in [6, 6.07) is 7.83. The first-order chi connectivity index (χ1) is 6.83. The maximum absolute atomic E-state index is 5.77. The number of nitrogen functional groups attached to an aromatic ring is 1. The molecule has 4 nitrogen and oxygen atoms in total. The van der Waals surface area contributed by atoms with Crippen LogP contribution < -0.4 is 5.73 Å². The molecule has 0 fully saturated rings. The van der Waals surface area contributed by atoms with E-state index in [4.69, 9.17) is 10.5 Å². The molecule has 2 rings (SSSR count). The van der Waals surface area contributed by atoms with Gasteiger partial charge in [0.05, 0.1) is 11.0 Å². The second-order valence-corrected chi connectivity index (χ2v) is 3.01. The van der Waals surface area contributed by atoms with Crippen LogP contribution in [-0.4, -0.2) is 16.2 Å². The standard InChI is InChI=1S/C10H13N3O/c1-2-14-7-13-9-6-4-3-5-8(9)12-10(13)11/h3-6H,2,7H2,1H3,(H2,11,12). The van der Waals surface area contributed by atoms with Gasteiger partial charge in [-0.05, 0) is 19.1 Å². The van der Waals surface area contributed by atoms with Crippen molar-refractivity contribution in [2.45, 2.75) is 13.7 Å². The Labute approximate surface area is 82.3 Å². The Bertz CT molecular complexity index is 436. The second kappa shape index (κ2) is 3.67. The van der Waals surface area contributed by atoms with Crippen LogP contribution in [0.3, 0.4) is 0 Å². The largest absolute Gasteiger partial charge is 0.369 e. The van der Waals surface area contributed by atoms with Crippen LogP contribution in [0, 0.1) is 0 Å². The van der Waals surface area contributed by atoms with E-state index in [-0.39, 0.29) is 0 Å². The Balaban J connectivity index is 2.45. The number of hydrogen-bond acceptors (Lipinski definition) is 3. The third-order valence-corrected chi connectivity index (χ3v) is 2.11. The van der Waals surface area contributed by atoms with E-state index in [1.165, 1.54) is 0 Å². The van der Waals surface area contributed by atoms with Crippen molar-refractivity contribution in [1.82, 2.24) is 9.55 Å². The minimum absolute atomic E-state index is 0.461. The van der Waals surface area contributed by atoms with E-state index in [9.17, 15) is 0 Å². The molecule has 0 aliphatic carbocycles. The minimum Gasteiger partial charge on any atom is -0.369 e. The van der Waals surface area contributed by atoms with Gasteiger partial charge in [0.2, 0.25) is 5.95 Å². The SMILES string of the molecule is CCOCn1c(N)nc2ccccc21. The van der Waals surface area contributed by atoms with Gasteiger partial charge >= 0.3 is 0 Å². The molecule has 0 spiro atoms. The molecule has 14 heavy (non-hydrogen) atoms. The Morgan fingerprint density at radius 2 is 2.21 bits per heavy atom. The lowest BCUT2D eigenvalue weighted by atomic mass is 10.3. The number of para-hydroxylation sites is 2. The second-order valence-electron chi connectivity index (χ2n) is 3.01. The van der Waals surface area contributed by atoms with Gasteiger partial charge in [0.15, 0.2) is 0 Å². The van der Waals surface area contributed by atoms with Crippen molar-refractivity contribution in [3.05, 3.63) is 24.3 Å². The summed E-state index contributed by atoms with van der Waals surface area (Å²) in [7, 11) is 0. The Morgan fingerprint density at radius 1 is 1.43 bits per heavy atom. The van der Waals surface area contributed by atoms with Crippen molar-refractivity contribution >= 4 is 17.0 Å². The molecule has 0 unspecified atom stereocenters. The van der Waals surface area contributed by atoms with E-state index in [1.807, 2.05) is 35.8 Å². The topological polar surface area (TPSA) is 53.1 Å². The molecule has 0 aliphatic rings. The molecule has 0 amide bonds. The highest BCUT2D eigenvalue weighted by Gasteiger charge is 2.05. The highest BCUT2D eigenvalue weighted by molar-refractivity contribution is 5.77. The number of hydrogen-bond donors (Lipinski definition) is 1. The number of benzene rings is 1. The molecule has 1 aromatic heterocycles. The van der Waals surface area contributed by atoms with Gasteiger partial charge in [-0.2, -0.15) is 0 Å². The lowest BCUT2D eigenvalue weighted by molar-refractivity contribution is 0.0919. The number of imidazole rings is 1. The summed E-state index contributed by atoms with van der Waals surface area (Å²) in [4.78, 5) is 4.23. The van der Waals surface area contributed by atoms with Crippen LogP contribution in [0.25, 0.3) is 11.0 Å². The van der Waals surface area contributed by atoms with Crippen molar-refractivity contribution in [1.29, 1.82) is 0 Å². The molecule has 1 heterocycles. The van der Waals surface area contributed by atoms with Gasteiger partial charge in [0.1, 0.15) is 6.73 Å². The maximum Gasteiger partial charge on any atom is 0.203 e. The zero-order valence-corrected chi connectivity index (χ0v) is 8.10. The van der Waals surface area contributed by atoms with Crippen LogP contribution in [0.1, 0.15) is 6.92 Å². The smallest absolute Gasteiger partial charge is 0.203 e. The number of fused-ring (bicyclic) bond motifs is 1. The zero-order chi connectivity index (χ0) is 9.97. The molecular weight excluding hydrogens is 178 g/mol. The van der Waals surface area contributed by atoms with Gasteiger partial charge in [-0.15, -0.1) is 0 Å². The molecule has 0 saturated carbocycles. The van der Waals surface area contributed by atoms with Crippen molar-refractivity contribution in [3.63, 3.8) is 0 Å². The summed E-state index contributed by atoms with van der Waals surface area (Å²) >= 11 is 0. The Hall–Kier alpha value is -1.55. The quantitative estimate of drug-likeness (QED) is 0.801. The number of nitrogens with two attached hydrogens (primary N) is 1. The van der Waals surface area contributed by atoms with Crippen LogP contribution in [-0.2, 0) is 11.5 Å². The minimum atomic E-state index is 0.461. The van der Waals surface area contributed by atoms with Crippen LogP contribution in [0.5, 0.6) is 0 Å². The molecule has 1 aromatic carbocycles. The van der Waals surface area contributed by atoms with Crippen LogP contribution in [0.2, 0.25) is 0 Å². The van der Waals surface area contributed by atoms with E-state index >= 15 is 0 Å². The first-order valence-electron chi connectivity index (χ1n) is 4.61. The molecule has 74 valence electrons. The predicted molar refractivity (Wildman–Crippen MR) is 55.8 cm³/mol. The summed E-state index contributed by atoms with van der Waals surface area (Å²) in [5.74, 6) is 0.500. The lowest BCUT2D eigenvalue weighted by Crippen LogP contribution is -2.06. The molecule has 2 N–H and O–H groups in total. The molecule has 0 atom stereocenters. The third-order valence-electron chi connectivity index (χ3n) is 2.11. The van der Waals surface area contributed by atoms with E-state index in [0.717, 1.165) is 11.0 Å². The predicted octanol–water partition coefficient (Wildman–Crippen LogP) is 1.61. The normalized spacial score (nSPS) is 10.9. The summed E-state index contributed by atoms with van der Waals surface area (Å²) in [6.45, 7) is 3.09. The maximum atomic E-state index is 5.77. The molecular formula is C10H13N3O. The fourth-order valence-electron chi connectivity index (χ4n) is 1.41. The van der Waals surface area contributed by atoms with Gasteiger partial charge in [-0.25, -0.2) is 4.98 Å². The number of anilines is 1. The number of nitrogens with zero attached hydrogens (tertiary/aromatic N) is 2. The molecule has 0 bridgehead atoms. The van der Waals surface area contributed by atoms with Crippen molar-refractivity contribution in [2.24, 2.45) is 0 Å². The van der Waals surface area contributed by atoms with Crippen molar-refractivity contribution < 1.29 is 4.74 Å². The summed E-state index contributed by atoms with van der Waals surface area (Å²) in [5, 5.41) is 0. The molecule has 0 radical (unpaired) electrons. The van der Waals surface area contributed by atoms with Gasteiger partial charge < -0.3 is 10.5 Å². The van der Waals surface area contributed by atoms with Gasteiger partial charge in [-0.1, -0.05) is 12.1 Å².